The maximum atomic E-state index is 14.6. The third kappa shape index (κ3) is 3.09. The van der Waals surface area contributed by atoms with Gasteiger partial charge in [0.25, 0.3) is 5.56 Å². The van der Waals surface area contributed by atoms with Crippen LogP contribution in [0.1, 0.15) is 42.6 Å². The van der Waals surface area contributed by atoms with Gasteiger partial charge in [-0.2, -0.15) is 0 Å². The van der Waals surface area contributed by atoms with Crippen LogP contribution in [0.25, 0.3) is 10.3 Å². The molecule has 7 nitrogen and oxygen atoms in total. The molecule has 1 unspecified atom stereocenters. The van der Waals surface area contributed by atoms with Crippen molar-refractivity contribution in [3.05, 3.63) is 51.5 Å². The number of benzene rings is 1. The van der Waals surface area contributed by atoms with E-state index in [4.69, 9.17) is 4.74 Å². The highest BCUT2D eigenvalue weighted by atomic mass is 32.1. The van der Waals surface area contributed by atoms with Gasteiger partial charge in [0.05, 0.1) is 6.04 Å². The summed E-state index contributed by atoms with van der Waals surface area (Å²) in [7, 11) is 1.53. The molecule has 1 saturated carbocycles. The molecule has 3 aromatic rings. The van der Waals surface area contributed by atoms with Gasteiger partial charge in [0, 0.05) is 13.6 Å². The number of nitrogens with zero attached hydrogens (tertiary/aromatic N) is 4. The van der Waals surface area contributed by atoms with Crippen molar-refractivity contribution in [2.75, 3.05) is 6.54 Å². The number of alkyl halides is 1. The molecule has 3 heterocycles. The summed E-state index contributed by atoms with van der Waals surface area (Å²) in [5.41, 5.74) is -1.64. The number of fused-ring (bicyclic) bond motifs is 1. The fourth-order valence-electron chi connectivity index (χ4n) is 3.74. The van der Waals surface area contributed by atoms with Gasteiger partial charge in [-0.25, -0.2) is 19.2 Å². The Morgan fingerprint density at radius 2 is 2.03 bits per heavy atom. The van der Waals surface area contributed by atoms with Crippen molar-refractivity contribution in [3.63, 3.8) is 0 Å². The second-order valence-corrected chi connectivity index (χ2v) is 8.51. The van der Waals surface area contributed by atoms with Crippen LogP contribution in [0.5, 0.6) is 5.75 Å². The fourth-order valence-corrected chi connectivity index (χ4v) is 4.81. The average molecular weight is 414 g/mol. The summed E-state index contributed by atoms with van der Waals surface area (Å²) in [5, 5.41) is 0.632. The summed E-state index contributed by atoms with van der Waals surface area (Å²) >= 11 is 1.25. The summed E-state index contributed by atoms with van der Waals surface area (Å²) in [6.07, 6.45) is 1.86. The van der Waals surface area contributed by atoms with Crippen molar-refractivity contribution in [2.45, 2.75) is 37.4 Å². The van der Waals surface area contributed by atoms with Crippen LogP contribution in [0, 0.1) is 0 Å². The molecule has 1 amide bonds. The molecule has 29 heavy (non-hydrogen) atoms. The first kappa shape index (κ1) is 18.2. The Bertz CT molecular complexity index is 1160. The van der Waals surface area contributed by atoms with Crippen LogP contribution in [0.15, 0.2) is 35.1 Å². The monoisotopic (exact) mass is 414 g/mol. The van der Waals surface area contributed by atoms with Gasteiger partial charge in [-0.1, -0.05) is 29.5 Å². The van der Waals surface area contributed by atoms with Crippen LogP contribution in [0.4, 0.5) is 9.18 Å². The van der Waals surface area contributed by atoms with Crippen LogP contribution in [-0.4, -0.2) is 32.1 Å². The lowest BCUT2D eigenvalue weighted by Gasteiger charge is -2.22. The zero-order valence-electron chi connectivity index (χ0n) is 15.8. The molecule has 2 aliphatic rings. The molecule has 1 saturated heterocycles. The topological polar surface area (TPSA) is 77.3 Å². The highest BCUT2D eigenvalue weighted by Crippen LogP contribution is 2.48. The molecule has 2 fully saturated rings. The number of rotatable bonds is 3. The van der Waals surface area contributed by atoms with Gasteiger partial charge < -0.3 is 4.74 Å². The number of carbonyl (C=O) groups is 1. The number of halogens is 1. The Labute approximate surface area is 169 Å². The summed E-state index contributed by atoms with van der Waals surface area (Å²) in [5.74, 6) is 0.641. The van der Waals surface area contributed by atoms with Gasteiger partial charge in [-0.15, -0.1) is 0 Å². The zero-order chi connectivity index (χ0) is 20.2. The Morgan fingerprint density at radius 1 is 1.28 bits per heavy atom. The van der Waals surface area contributed by atoms with Crippen molar-refractivity contribution in [2.24, 2.45) is 7.05 Å². The molecule has 0 N–H and O–H groups in total. The van der Waals surface area contributed by atoms with E-state index in [9.17, 15) is 14.0 Å². The number of thiazole rings is 1. The predicted octanol–water partition coefficient (Wildman–Crippen LogP) is 3.68. The fraction of sp³-hybridized carbons (Fsp3) is 0.400. The van der Waals surface area contributed by atoms with Crippen LogP contribution in [0.2, 0.25) is 0 Å². The van der Waals surface area contributed by atoms with Crippen molar-refractivity contribution >= 4 is 27.8 Å². The van der Waals surface area contributed by atoms with Crippen molar-refractivity contribution in [1.82, 2.24) is 19.4 Å². The van der Waals surface area contributed by atoms with Crippen LogP contribution < -0.4 is 10.3 Å². The minimum atomic E-state index is -1.51. The lowest BCUT2D eigenvalue weighted by molar-refractivity contribution is 0.147. The number of aromatic nitrogens is 3. The van der Waals surface area contributed by atoms with E-state index in [1.54, 1.807) is 29.2 Å². The molecule has 0 bridgehead atoms. The van der Waals surface area contributed by atoms with E-state index in [1.165, 1.54) is 23.0 Å². The highest BCUT2D eigenvalue weighted by molar-refractivity contribution is 7.18. The van der Waals surface area contributed by atoms with Crippen LogP contribution in [-0.2, 0) is 12.7 Å². The number of amides is 1. The molecule has 5 rings (SSSR count). The smallest absolute Gasteiger partial charge is 0.410 e. The van der Waals surface area contributed by atoms with E-state index in [0.717, 1.165) is 12.8 Å². The number of hydrogen-bond acceptors (Lipinski definition) is 6. The Morgan fingerprint density at radius 3 is 2.76 bits per heavy atom. The van der Waals surface area contributed by atoms with Crippen LogP contribution >= 0.6 is 11.3 Å². The molecule has 0 spiro atoms. The molecule has 1 atom stereocenters. The molecule has 2 aromatic heterocycles. The van der Waals surface area contributed by atoms with E-state index in [2.05, 4.69) is 9.97 Å². The first-order valence-electron chi connectivity index (χ1n) is 9.57. The molecule has 0 radical (unpaired) electrons. The highest BCUT2D eigenvalue weighted by Gasteiger charge is 2.49. The summed E-state index contributed by atoms with van der Waals surface area (Å²) in [6.45, 7) is 0.552. The number of hydrogen-bond donors (Lipinski definition) is 0. The van der Waals surface area contributed by atoms with Gasteiger partial charge >= 0.3 is 6.09 Å². The minimum absolute atomic E-state index is 0.164. The van der Waals surface area contributed by atoms with Gasteiger partial charge in [0.1, 0.15) is 10.8 Å². The van der Waals surface area contributed by atoms with E-state index < -0.39 is 11.8 Å². The summed E-state index contributed by atoms with van der Waals surface area (Å²) < 4.78 is 21.3. The van der Waals surface area contributed by atoms with Gasteiger partial charge in [0.15, 0.2) is 21.8 Å². The second-order valence-electron chi connectivity index (χ2n) is 7.50. The molecule has 150 valence electrons. The summed E-state index contributed by atoms with van der Waals surface area (Å²) in [4.78, 5) is 36.3. The van der Waals surface area contributed by atoms with Gasteiger partial charge in [-0.3, -0.25) is 14.3 Å². The lowest BCUT2D eigenvalue weighted by atomic mass is 10.2. The maximum absolute atomic E-state index is 14.6. The van der Waals surface area contributed by atoms with Crippen molar-refractivity contribution in [3.8, 4) is 5.75 Å². The molecule has 1 aliphatic heterocycles. The van der Waals surface area contributed by atoms with Crippen LogP contribution in [0.3, 0.4) is 0 Å². The number of ether oxygens (including phenoxy) is 1. The van der Waals surface area contributed by atoms with Gasteiger partial charge in [0.2, 0.25) is 0 Å². The SMILES string of the molecule is Cn1c(C2(F)CC2)nc2sc(C3CCCN3C(=O)Oc3ccccc3)nc2c1=O. The normalized spacial score (nSPS) is 20.2. The standard InChI is InChI=1S/C20H19FN4O3S/c1-24-17(26)14-16(23-18(24)20(21)9-10-20)29-15(22-14)13-8-5-11-25(13)19(27)28-12-6-3-2-4-7-12/h2-4,6-7,13H,5,8-11H2,1H3. The largest absolute Gasteiger partial charge is 0.415 e. The predicted molar refractivity (Wildman–Crippen MR) is 106 cm³/mol. The van der Waals surface area contributed by atoms with E-state index >= 15 is 0 Å². The second kappa shape index (κ2) is 6.62. The maximum Gasteiger partial charge on any atom is 0.415 e. The summed E-state index contributed by atoms with van der Waals surface area (Å²) in [6, 6.07) is 8.62. The number of carbonyl (C=O) groups excluding carboxylic acids is 1. The first-order chi connectivity index (χ1) is 14.0. The zero-order valence-corrected chi connectivity index (χ0v) is 16.6. The molecule has 1 aromatic carbocycles. The minimum Gasteiger partial charge on any atom is -0.410 e. The average Bonchev–Trinajstić information content (AvgIpc) is 3.12. The van der Waals surface area contributed by atoms with Crippen molar-refractivity contribution in [1.29, 1.82) is 0 Å². The first-order valence-corrected chi connectivity index (χ1v) is 10.4. The van der Waals surface area contributed by atoms with Gasteiger partial charge in [-0.05, 0) is 37.8 Å². The number of para-hydroxylation sites is 1. The Hall–Kier alpha value is -2.81. The molecule has 9 heteroatoms. The van der Waals surface area contributed by atoms with E-state index in [-0.39, 0.29) is 22.9 Å². The number of likely N-dealkylation sites (tertiary alicyclic amines) is 1. The van der Waals surface area contributed by atoms with E-state index in [1.807, 2.05) is 6.07 Å². The quantitative estimate of drug-likeness (QED) is 0.653. The Balaban J connectivity index is 1.47. The lowest BCUT2D eigenvalue weighted by Crippen LogP contribution is -2.33. The van der Waals surface area contributed by atoms with E-state index in [0.29, 0.717) is 35.0 Å². The molecule has 1 aliphatic carbocycles. The molecular weight excluding hydrogens is 395 g/mol. The third-order valence-corrected chi connectivity index (χ3v) is 6.52. The Kier molecular flexibility index (Phi) is 4.16. The third-order valence-electron chi connectivity index (χ3n) is 5.47. The van der Waals surface area contributed by atoms with Crippen molar-refractivity contribution < 1.29 is 13.9 Å². The molecular formula is C20H19FN4O3S.